The van der Waals surface area contributed by atoms with E-state index in [1.54, 1.807) is 26.4 Å². The molecule has 0 bridgehead atoms. The van der Waals surface area contributed by atoms with Crippen molar-refractivity contribution in [2.75, 3.05) is 104 Å². The van der Waals surface area contributed by atoms with Gasteiger partial charge in [0.15, 0.2) is 12.6 Å². The topological polar surface area (TPSA) is 174 Å². The highest BCUT2D eigenvalue weighted by molar-refractivity contribution is 14.1. The van der Waals surface area contributed by atoms with Crippen molar-refractivity contribution < 1.29 is 57.4 Å². The summed E-state index contributed by atoms with van der Waals surface area (Å²) in [4.78, 5) is 5.30. The van der Waals surface area contributed by atoms with Crippen molar-refractivity contribution in [3.05, 3.63) is 86.9 Å². The monoisotopic (exact) mass is 1330 g/mol. The standard InChI is InChI=1S/C33H45N3O5.C19H26IN3O.C14H21BO6.ClH/c1-4-26-33(35(20-23-11-12-23)21-24-13-16-39-17-14-24)28-9-7-8-27(36(28)34-26)32-29(37-2)18-25(19-30(32)38-3)22-41-31-10-5-6-15-40-31;1-2-16-19(17-4-3-5-18(20)23(17)21-16)22(12-14-6-7-14)13-15-8-10-24-11-9-15;1-18-11-7-10(8-12(19-2)14(11)15(16)17)9-21-13-5-3-4-6-20-13;/h7-9,18-19,23-24,31H,4-6,10-17,20-22H2,1-3H3;3-5,14-15H,2,6-13H2,1H3;7-8,13,16-17H,3-6,9H2,1-2H3;1H. The van der Waals surface area contributed by atoms with Crippen molar-refractivity contribution in [3.63, 3.8) is 0 Å². The third-order valence-corrected chi connectivity index (χ3v) is 18.3. The van der Waals surface area contributed by atoms with Crippen LogP contribution in [0.5, 0.6) is 23.0 Å². The summed E-state index contributed by atoms with van der Waals surface area (Å²) in [5, 5.41) is 29.0. The molecule has 2 saturated carbocycles. The van der Waals surface area contributed by atoms with Gasteiger partial charge in [-0.1, -0.05) is 26.0 Å². The second kappa shape index (κ2) is 32.9. The number of ether oxygens (including phenoxy) is 10. The van der Waals surface area contributed by atoms with E-state index >= 15 is 0 Å². The van der Waals surface area contributed by atoms with E-state index in [1.165, 1.54) is 85.6 Å². The van der Waals surface area contributed by atoms with Crippen molar-refractivity contribution in [3.8, 4) is 34.3 Å². The molecule has 6 fully saturated rings. The van der Waals surface area contributed by atoms with Gasteiger partial charge in [-0.3, -0.25) is 0 Å². The Kier molecular flexibility index (Phi) is 25.3. The Morgan fingerprint density at radius 3 is 1.36 bits per heavy atom. The fourth-order valence-corrected chi connectivity index (χ4v) is 13.0. The SMILES string of the molecule is CCc1nn2c(-c3c(OC)cc(COC4CCCCO4)cc3OC)cccc2c1N(CC1CCOCC1)CC1CC1.CCc1nn2c(I)cccc2c1N(CC1CCOCC1)CC1CC1.COc1cc(COC2CCCCO2)cc(OC)c1B(O)O.Cl. The molecule has 2 N–H and O–H groups in total. The zero-order valence-electron chi connectivity index (χ0n) is 52.1. The van der Waals surface area contributed by atoms with Crippen LogP contribution < -0.4 is 34.2 Å². The van der Waals surface area contributed by atoms with Crippen LogP contribution in [0.3, 0.4) is 0 Å². The highest BCUT2D eigenvalue weighted by Crippen LogP contribution is 2.43. The Bertz CT molecular complexity index is 3050. The van der Waals surface area contributed by atoms with Gasteiger partial charge in [-0.25, -0.2) is 9.03 Å². The van der Waals surface area contributed by atoms with Crippen LogP contribution in [-0.4, -0.2) is 143 Å². The molecule has 2 aromatic carbocycles. The molecule has 4 aromatic heterocycles. The summed E-state index contributed by atoms with van der Waals surface area (Å²) < 4.78 is 62.0. The van der Waals surface area contributed by atoms with Crippen molar-refractivity contribution in [1.82, 2.24) is 19.2 Å². The summed E-state index contributed by atoms with van der Waals surface area (Å²) in [5.41, 5.74) is 11.3. The van der Waals surface area contributed by atoms with Crippen molar-refractivity contribution in [1.29, 1.82) is 0 Å². The van der Waals surface area contributed by atoms with Gasteiger partial charge in [-0.2, -0.15) is 10.2 Å². The summed E-state index contributed by atoms with van der Waals surface area (Å²) in [6, 6.07) is 20.5. The van der Waals surface area contributed by atoms with Gasteiger partial charge in [0, 0.05) is 65.8 Å². The first kappa shape index (κ1) is 66.8. The number of halogens is 2. The van der Waals surface area contributed by atoms with E-state index in [1.807, 2.05) is 0 Å². The van der Waals surface area contributed by atoms with Crippen LogP contribution in [0.2, 0.25) is 0 Å². The van der Waals surface area contributed by atoms with Gasteiger partial charge >= 0.3 is 7.12 Å². The van der Waals surface area contributed by atoms with Gasteiger partial charge in [0.1, 0.15) is 26.7 Å². The number of anilines is 2. The number of pyridine rings is 2. The predicted octanol–water partition coefficient (Wildman–Crippen LogP) is 11.3. The molecule has 8 heterocycles. The van der Waals surface area contributed by atoms with E-state index in [4.69, 9.17) is 57.6 Å². The van der Waals surface area contributed by atoms with Crippen LogP contribution in [-0.2, 0) is 54.5 Å². The molecule has 4 aliphatic heterocycles. The fourth-order valence-electron chi connectivity index (χ4n) is 12.4. The lowest BCUT2D eigenvalue weighted by molar-refractivity contribution is -0.169. The maximum Gasteiger partial charge on any atom is 0.496 e. The third kappa shape index (κ3) is 17.5. The van der Waals surface area contributed by atoms with Crippen molar-refractivity contribution in [2.24, 2.45) is 23.7 Å². The van der Waals surface area contributed by atoms with Crippen LogP contribution >= 0.6 is 35.0 Å². The van der Waals surface area contributed by atoms with E-state index in [-0.39, 0.29) is 30.4 Å². The van der Waals surface area contributed by atoms with E-state index < -0.39 is 7.12 Å². The van der Waals surface area contributed by atoms with Crippen LogP contribution in [0.1, 0.15) is 126 Å². The van der Waals surface area contributed by atoms with E-state index in [0.29, 0.717) is 30.6 Å². The smallest absolute Gasteiger partial charge is 0.496 e. The lowest BCUT2D eigenvalue weighted by Crippen LogP contribution is -2.34. The summed E-state index contributed by atoms with van der Waals surface area (Å²) in [6.07, 6.45) is 17.9. The lowest BCUT2D eigenvalue weighted by atomic mass is 9.78. The molecule has 12 rings (SSSR count). The molecule has 21 heteroatoms. The quantitative estimate of drug-likeness (QED) is 0.0332. The zero-order valence-corrected chi connectivity index (χ0v) is 55.0. The molecular formula is C66H93BClIN6O12. The van der Waals surface area contributed by atoms with E-state index in [0.717, 1.165) is 186 Å². The first-order valence-corrected chi connectivity index (χ1v) is 32.8. The molecule has 18 nitrogen and oxygen atoms in total. The Balaban J connectivity index is 0.000000167. The molecule has 87 heavy (non-hydrogen) atoms. The van der Waals surface area contributed by atoms with Crippen molar-refractivity contribution in [2.45, 2.75) is 142 Å². The first-order valence-electron chi connectivity index (χ1n) is 31.7. The van der Waals surface area contributed by atoms with Crippen LogP contribution in [0, 0.1) is 27.4 Å². The normalized spacial score (nSPS) is 19.1. The molecule has 6 aromatic rings. The molecule has 2 aliphatic carbocycles. The fraction of sp³-hybridized carbons (Fsp3) is 0.606. The molecule has 0 amide bonds. The maximum atomic E-state index is 9.42. The number of hydrogen-bond donors (Lipinski definition) is 2. The Labute approximate surface area is 534 Å². The minimum Gasteiger partial charge on any atom is -0.497 e. The number of fused-ring (bicyclic) bond motifs is 2. The van der Waals surface area contributed by atoms with E-state index in [9.17, 15) is 10.0 Å². The van der Waals surface area contributed by atoms with E-state index in [2.05, 4.69) is 104 Å². The number of nitrogens with zero attached hydrogens (tertiary/aromatic N) is 6. The van der Waals surface area contributed by atoms with Crippen LogP contribution in [0.25, 0.3) is 22.3 Å². The molecule has 6 aliphatic rings. The summed E-state index contributed by atoms with van der Waals surface area (Å²) >= 11 is 2.39. The van der Waals surface area contributed by atoms with Gasteiger partial charge in [-0.15, -0.1) is 12.4 Å². The summed E-state index contributed by atoms with van der Waals surface area (Å²) in [6.45, 7) is 14.8. The Morgan fingerprint density at radius 1 is 0.540 bits per heavy atom. The number of methoxy groups -OCH3 is 4. The number of aromatic nitrogens is 4. The number of hydrogen-bond acceptors (Lipinski definition) is 16. The number of rotatable bonds is 24. The second-order valence-electron chi connectivity index (χ2n) is 23.8. The first-order chi connectivity index (χ1) is 42.1. The van der Waals surface area contributed by atoms with Gasteiger partial charge in [0.05, 0.1) is 92.2 Å². The molecule has 4 saturated heterocycles. The average Bonchev–Trinajstić information content (AvgIpc) is 1.94. The molecular weight excluding hydrogens is 1240 g/mol. The molecule has 2 unspecified atom stereocenters. The second-order valence-corrected chi connectivity index (χ2v) is 24.9. The molecule has 476 valence electrons. The predicted molar refractivity (Wildman–Crippen MR) is 351 cm³/mol. The third-order valence-electron chi connectivity index (χ3n) is 17.5. The minimum absolute atomic E-state index is 0. The largest absolute Gasteiger partial charge is 0.497 e. The average molecular weight is 1340 g/mol. The highest BCUT2D eigenvalue weighted by atomic mass is 127. The van der Waals surface area contributed by atoms with Gasteiger partial charge < -0.3 is 67.2 Å². The summed E-state index contributed by atoms with van der Waals surface area (Å²) in [7, 11) is 4.70. The maximum absolute atomic E-state index is 9.42. The van der Waals surface area contributed by atoms with Crippen LogP contribution in [0.15, 0.2) is 60.7 Å². The summed E-state index contributed by atoms with van der Waals surface area (Å²) in [5.74, 6) is 5.26. The van der Waals surface area contributed by atoms with Crippen LogP contribution in [0.4, 0.5) is 11.4 Å². The number of benzene rings is 2. The molecule has 2 atom stereocenters. The van der Waals surface area contributed by atoms with Gasteiger partial charge in [-0.05, 0) is 209 Å². The molecule has 0 radical (unpaired) electrons. The number of aryl methyl sites for hydroxylation is 2. The zero-order chi connectivity index (χ0) is 59.9. The lowest BCUT2D eigenvalue weighted by Gasteiger charge is -2.31. The Morgan fingerprint density at radius 2 is 0.954 bits per heavy atom. The highest BCUT2D eigenvalue weighted by Gasteiger charge is 2.33. The minimum atomic E-state index is -1.66. The Hall–Kier alpha value is -4.62. The van der Waals surface area contributed by atoms with Gasteiger partial charge in [0.2, 0.25) is 0 Å². The van der Waals surface area contributed by atoms with Crippen molar-refractivity contribution >= 4 is 70.0 Å². The molecule has 0 spiro atoms. The van der Waals surface area contributed by atoms with Gasteiger partial charge in [0.25, 0.3) is 0 Å².